The first kappa shape index (κ1) is 20.9. The molecule has 0 radical (unpaired) electrons. The standard InChI is InChI=1S/C20H23ClN4O4/c1-14(20(26)22-18-13-15(21)3-8-19(18)29-2)23-9-11-24(12-10-23)16-4-6-17(7-5-16)25(27)28/h3-8,13-14H,9-12H2,1-2H3,(H,22,26)/p+1/t14-/m1/s1. The molecule has 29 heavy (non-hydrogen) atoms. The minimum atomic E-state index is -0.402. The number of nitro benzene ring substituents is 1. The molecule has 0 unspecified atom stereocenters. The summed E-state index contributed by atoms with van der Waals surface area (Å²) >= 11 is 6.03. The van der Waals surface area contributed by atoms with E-state index in [-0.39, 0.29) is 17.6 Å². The fourth-order valence-corrected chi connectivity index (χ4v) is 3.65. The molecule has 1 amide bonds. The first-order chi connectivity index (χ1) is 13.9. The van der Waals surface area contributed by atoms with Crippen LogP contribution in [-0.4, -0.2) is 50.2 Å². The maximum absolute atomic E-state index is 12.7. The second-order valence-corrected chi connectivity index (χ2v) is 7.41. The van der Waals surface area contributed by atoms with Crippen LogP contribution in [0.25, 0.3) is 0 Å². The molecule has 2 N–H and O–H groups in total. The van der Waals surface area contributed by atoms with Crippen molar-refractivity contribution in [2.75, 3.05) is 43.5 Å². The van der Waals surface area contributed by atoms with Crippen LogP contribution in [0.1, 0.15) is 6.92 Å². The molecule has 3 rings (SSSR count). The van der Waals surface area contributed by atoms with Crippen LogP contribution in [0.15, 0.2) is 42.5 Å². The summed E-state index contributed by atoms with van der Waals surface area (Å²) < 4.78 is 5.28. The summed E-state index contributed by atoms with van der Waals surface area (Å²) in [5, 5.41) is 14.2. The van der Waals surface area contributed by atoms with E-state index in [0.29, 0.717) is 16.5 Å². The van der Waals surface area contributed by atoms with Crippen LogP contribution in [0.4, 0.5) is 17.1 Å². The minimum absolute atomic E-state index is 0.0831. The first-order valence-electron chi connectivity index (χ1n) is 9.37. The fraction of sp³-hybridized carbons (Fsp3) is 0.350. The average Bonchev–Trinajstić information content (AvgIpc) is 2.73. The van der Waals surface area contributed by atoms with Crippen molar-refractivity contribution in [1.29, 1.82) is 0 Å². The SMILES string of the molecule is COc1ccc(Cl)cc1NC(=O)[C@@H](C)[NH+]1CCN(c2ccc([N+](=O)[O-])cc2)CC1. The minimum Gasteiger partial charge on any atom is -0.495 e. The smallest absolute Gasteiger partial charge is 0.282 e. The third-order valence-electron chi connectivity index (χ3n) is 5.26. The Morgan fingerprint density at radius 1 is 1.24 bits per heavy atom. The molecule has 0 aromatic heterocycles. The molecule has 154 valence electrons. The topological polar surface area (TPSA) is 89.2 Å². The third-order valence-corrected chi connectivity index (χ3v) is 5.49. The number of methoxy groups -OCH3 is 1. The molecule has 1 heterocycles. The number of quaternary nitrogens is 1. The monoisotopic (exact) mass is 419 g/mol. The molecule has 1 aliphatic heterocycles. The second kappa shape index (κ2) is 9.11. The fourth-order valence-electron chi connectivity index (χ4n) is 3.47. The van der Waals surface area contributed by atoms with Crippen LogP contribution in [-0.2, 0) is 4.79 Å². The van der Waals surface area contributed by atoms with Crippen molar-refractivity contribution in [3.05, 3.63) is 57.6 Å². The van der Waals surface area contributed by atoms with Gasteiger partial charge < -0.3 is 19.9 Å². The number of halogens is 1. The number of anilines is 2. The van der Waals surface area contributed by atoms with Crippen LogP contribution < -0.4 is 19.9 Å². The molecule has 1 fully saturated rings. The number of nitrogens with one attached hydrogen (secondary N) is 2. The maximum atomic E-state index is 12.7. The van der Waals surface area contributed by atoms with Gasteiger partial charge in [-0.15, -0.1) is 0 Å². The molecule has 9 heteroatoms. The third kappa shape index (κ3) is 4.96. The van der Waals surface area contributed by atoms with Gasteiger partial charge >= 0.3 is 0 Å². The van der Waals surface area contributed by atoms with Gasteiger partial charge in [-0.1, -0.05) is 11.6 Å². The van der Waals surface area contributed by atoms with Gasteiger partial charge in [0.05, 0.1) is 43.9 Å². The number of benzene rings is 2. The Morgan fingerprint density at radius 3 is 2.48 bits per heavy atom. The first-order valence-corrected chi connectivity index (χ1v) is 9.75. The van der Waals surface area contributed by atoms with E-state index < -0.39 is 4.92 Å². The zero-order chi connectivity index (χ0) is 21.0. The van der Waals surface area contributed by atoms with Crippen LogP contribution in [0, 0.1) is 10.1 Å². The van der Waals surface area contributed by atoms with Gasteiger partial charge in [0.25, 0.3) is 11.6 Å². The number of amides is 1. The number of carbonyl (C=O) groups excluding carboxylic acids is 1. The maximum Gasteiger partial charge on any atom is 0.282 e. The summed E-state index contributed by atoms with van der Waals surface area (Å²) in [7, 11) is 1.55. The second-order valence-electron chi connectivity index (χ2n) is 6.97. The number of nitrogens with zero attached hydrogens (tertiary/aromatic N) is 2. The zero-order valence-electron chi connectivity index (χ0n) is 16.4. The Kier molecular flexibility index (Phi) is 6.56. The summed E-state index contributed by atoms with van der Waals surface area (Å²) in [5.41, 5.74) is 1.59. The summed E-state index contributed by atoms with van der Waals surface area (Å²) in [6.45, 7) is 5.02. The van der Waals surface area contributed by atoms with Crippen LogP contribution >= 0.6 is 11.6 Å². The molecule has 1 saturated heterocycles. The summed E-state index contributed by atoms with van der Waals surface area (Å²) in [4.78, 5) is 26.5. The van der Waals surface area contributed by atoms with E-state index >= 15 is 0 Å². The predicted octanol–water partition coefficient (Wildman–Crippen LogP) is 1.99. The van der Waals surface area contributed by atoms with Crippen molar-refractivity contribution in [1.82, 2.24) is 0 Å². The highest BCUT2D eigenvalue weighted by molar-refractivity contribution is 6.31. The number of non-ortho nitro benzene ring substituents is 1. The highest BCUT2D eigenvalue weighted by Gasteiger charge is 2.30. The molecule has 0 spiro atoms. The van der Waals surface area contributed by atoms with E-state index in [1.807, 2.05) is 6.92 Å². The normalized spacial score (nSPS) is 15.6. The van der Waals surface area contributed by atoms with Crippen LogP contribution in [0.5, 0.6) is 5.75 Å². The Labute approximate surface area is 174 Å². The molecule has 0 bridgehead atoms. The van der Waals surface area contributed by atoms with Gasteiger partial charge in [-0.25, -0.2) is 0 Å². The van der Waals surface area contributed by atoms with Crippen LogP contribution in [0.3, 0.4) is 0 Å². The molecule has 0 saturated carbocycles. The van der Waals surface area contributed by atoms with E-state index in [9.17, 15) is 14.9 Å². The van der Waals surface area contributed by atoms with E-state index in [0.717, 1.165) is 31.9 Å². The van der Waals surface area contributed by atoms with Gasteiger partial charge in [-0.3, -0.25) is 14.9 Å². The van der Waals surface area contributed by atoms with Crippen LogP contribution in [0.2, 0.25) is 5.02 Å². The van der Waals surface area contributed by atoms with E-state index in [4.69, 9.17) is 16.3 Å². The Hall–Kier alpha value is -2.84. The van der Waals surface area contributed by atoms with Gasteiger partial charge in [-0.05, 0) is 37.3 Å². The molecular formula is C20H24ClN4O4+. The summed E-state index contributed by atoms with van der Waals surface area (Å²) in [5.74, 6) is 0.470. The van der Waals surface area contributed by atoms with Crippen molar-refractivity contribution in [2.45, 2.75) is 13.0 Å². The lowest BCUT2D eigenvalue weighted by molar-refractivity contribution is -0.914. The molecule has 2 aromatic rings. The van der Waals surface area contributed by atoms with Gasteiger partial charge in [0.1, 0.15) is 5.75 Å². The Bertz CT molecular complexity index is 883. The highest BCUT2D eigenvalue weighted by atomic mass is 35.5. The van der Waals surface area contributed by atoms with Crippen molar-refractivity contribution in [2.24, 2.45) is 0 Å². The molecule has 8 nitrogen and oxygen atoms in total. The number of nitro groups is 1. The lowest BCUT2D eigenvalue weighted by atomic mass is 10.2. The lowest BCUT2D eigenvalue weighted by Gasteiger charge is -2.36. The summed E-state index contributed by atoms with van der Waals surface area (Å²) in [6, 6.07) is 11.4. The van der Waals surface area contributed by atoms with Crippen molar-refractivity contribution < 1.29 is 19.4 Å². The van der Waals surface area contributed by atoms with Gasteiger partial charge in [0.2, 0.25) is 0 Å². The van der Waals surface area contributed by atoms with E-state index in [2.05, 4.69) is 10.2 Å². The average molecular weight is 420 g/mol. The number of ether oxygens (including phenoxy) is 1. The Balaban J connectivity index is 1.58. The zero-order valence-corrected chi connectivity index (χ0v) is 17.1. The number of carbonyl (C=O) groups is 1. The van der Waals surface area contributed by atoms with Gasteiger partial charge in [0.15, 0.2) is 6.04 Å². The summed E-state index contributed by atoms with van der Waals surface area (Å²) in [6.07, 6.45) is 0. The molecule has 2 aromatic carbocycles. The molecule has 1 aliphatic rings. The lowest BCUT2D eigenvalue weighted by Crippen LogP contribution is -3.19. The van der Waals surface area contributed by atoms with Gasteiger partial charge in [0, 0.05) is 22.8 Å². The number of hydrogen-bond donors (Lipinski definition) is 2. The van der Waals surface area contributed by atoms with Gasteiger partial charge in [-0.2, -0.15) is 0 Å². The van der Waals surface area contributed by atoms with E-state index in [1.165, 1.54) is 17.0 Å². The number of piperazine rings is 1. The highest BCUT2D eigenvalue weighted by Crippen LogP contribution is 2.27. The molecule has 1 atom stereocenters. The molecular weight excluding hydrogens is 396 g/mol. The van der Waals surface area contributed by atoms with Crippen molar-refractivity contribution in [3.63, 3.8) is 0 Å². The van der Waals surface area contributed by atoms with Crippen molar-refractivity contribution >= 4 is 34.6 Å². The largest absolute Gasteiger partial charge is 0.495 e. The number of hydrogen-bond acceptors (Lipinski definition) is 5. The Morgan fingerprint density at radius 2 is 1.90 bits per heavy atom. The molecule has 0 aliphatic carbocycles. The van der Waals surface area contributed by atoms with Crippen molar-refractivity contribution in [3.8, 4) is 5.75 Å². The quantitative estimate of drug-likeness (QED) is 0.552. The van der Waals surface area contributed by atoms with E-state index in [1.54, 1.807) is 37.4 Å². The number of rotatable bonds is 6. The predicted molar refractivity (Wildman–Crippen MR) is 112 cm³/mol.